The third-order valence-corrected chi connectivity index (χ3v) is 5.78. The number of hydrogen-bond acceptors (Lipinski definition) is 4. The van der Waals surface area contributed by atoms with Gasteiger partial charge in [-0.05, 0) is 42.3 Å². The first-order valence-electron chi connectivity index (χ1n) is 11.1. The Morgan fingerprint density at radius 3 is 2.29 bits per heavy atom. The van der Waals surface area contributed by atoms with E-state index in [1.54, 1.807) is 24.1 Å². The minimum atomic E-state index is -0.699. The number of nitrogens with zero attached hydrogens (tertiary/aromatic N) is 1. The van der Waals surface area contributed by atoms with Gasteiger partial charge in [-0.3, -0.25) is 9.59 Å². The highest BCUT2D eigenvalue weighted by atomic mass is 79.9. The molecule has 2 amide bonds. The van der Waals surface area contributed by atoms with Crippen molar-refractivity contribution in [3.63, 3.8) is 0 Å². The number of methoxy groups -OCH3 is 1. The number of carbonyl (C=O) groups is 2. The van der Waals surface area contributed by atoms with E-state index in [9.17, 15) is 9.59 Å². The predicted octanol–water partition coefficient (Wildman–Crippen LogP) is 4.61. The Hall–Kier alpha value is -3.32. The molecular formula is C27H29BrN2O4. The second-order valence-corrected chi connectivity index (χ2v) is 8.61. The number of likely N-dealkylation sites (N-methyl/N-ethyl adjacent to an activating group) is 1. The van der Waals surface area contributed by atoms with Crippen molar-refractivity contribution in [2.75, 3.05) is 20.3 Å². The average Bonchev–Trinajstić information content (AvgIpc) is 2.85. The summed E-state index contributed by atoms with van der Waals surface area (Å²) in [4.78, 5) is 28.3. The summed E-state index contributed by atoms with van der Waals surface area (Å²) in [5.74, 6) is 0.516. The van der Waals surface area contributed by atoms with E-state index < -0.39 is 6.04 Å². The lowest BCUT2D eigenvalue weighted by Crippen LogP contribution is -2.51. The fourth-order valence-electron chi connectivity index (χ4n) is 3.64. The summed E-state index contributed by atoms with van der Waals surface area (Å²) < 4.78 is 12.0. The van der Waals surface area contributed by atoms with Gasteiger partial charge in [0.15, 0.2) is 18.1 Å². The number of halogens is 1. The summed E-state index contributed by atoms with van der Waals surface area (Å²) in [5, 5.41) is 2.89. The van der Waals surface area contributed by atoms with Gasteiger partial charge >= 0.3 is 0 Å². The normalized spacial score (nSPS) is 11.4. The third-order valence-electron chi connectivity index (χ3n) is 5.28. The molecule has 3 aromatic rings. The lowest BCUT2D eigenvalue weighted by Gasteiger charge is -2.31. The average molecular weight is 525 g/mol. The Kier molecular flexibility index (Phi) is 9.52. The van der Waals surface area contributed by atoms with E-state index in [1.165, 1.54) is 0 Å². The number of para-hydroxylation sites is 2. The van der Waals surface area contributed by atoms with Crippen molar-refractivity contribution in [3.8, 4) is 11.5 Å². The zero-order valence-corrected chi connectivity index (χ0v) is 21.0. The number of benzene rings is 3. The number of hydrogen-bond donors (Lipinski definition) is 1. The van der Waals surface area contributed by atoms with Crippen LogP contribution in [0.15, 0.2) is 83.3 Å². The number of carbonyl (C=O) groups excluding carboxylic acids is 2. The number of amides is 2. The zero-order chi connectivity index (χ0) is 24.3. The molecule has 0 saturated heterocycles. The van der Waals surface area contributed by atoms with Crippen molar-refractivity contribution in [1.29, 1.82) is 0 Å². The molecule has 0 aliphatic carbocycles. The molecule has 0 aliphatic rings. The van der Waals surface area contributed by atoms with Crippen LogP contribution in [-0.4, -0.2) is 43.0 Å². The molecule has 6 nitrogen and oxygen atoms in total. The molecule has 0 saturated carbocycles. The van der Waals surface area contributed by atoms with Crippen LogP contribution in [0.25, 0.3) is 0 Å². The van der Waals surface area contributed by atoms with Crippen molar-refractivity contribution in [3.05, 3.63) is 94.5 Å². The van der Waals surface area contributed by atoms with Crippen molar-refractivity contribution in [2.45, 2.75) is 25.9 Å². The number of ether oxygens (including phenoxy) is 2. The molecule has 178 valence electrons. The molecule has 0 spiro atoms. The van der Waals surface area contributed by atoms with Crippen LogP contribution in [0.2, 0.25) is 0 Å². The molecule has 0 radical (unpaired) electrons. The SMILES string of the molecule is CCNC(=O)C(Cc1ccccc1)N(Cc1cccc(Br)c1)C(=O)COc1ccccc1OC. The van der Waals surface area contributed by atoms with Crippen LogP contribution in [0.3, 0.4) is 0 Å². The van der Waals surface area contributed by atoms with Crippen LogP contribution >= 0.6 is 15.9 Å². The molecule has 7 heteroatoms. The maximum absolute atomic E-state index is 13.5. The Labute approximate surface area is 209 Å². The molecule has 0 heterocycles. The molecule has 0 bridgehead atoms. The summed E-state index contributed by atoms with van der Waals surface area (Å²) in [6, 6.07) is 23.9. The third kappa shape index (κ3) is 7.09. The van der Waals surface area contributed by atoms with E-state index in [0.29, 0.717) is 24.5 Å². The first kappa shape index (κ1) is 25.3. The summed E-state index contributed by atoms with van der Waals surface area (Å²) in [6.07, 6.45) is 0.390. The van der Waals surface area contributed by atoms with Crippen molar-refractivity contribution in [2.24, 2.45) is 0 Å². The zero-order valence-electron chi connectivity index (χ0n) is 19.4. The van der Waals surface area contributed by atoms with Crippen LogP contribution in [0.4, 0.5) is 0 Å². The van der Waals surface area contributed by atoms with E-state index in [2.05, 4.69) is 21.2 Å². The van der Waals surface area contributed by atoms with Gasteiger partial charge in [0.1, 0.15) is 6.04 Å². The van der Waals surface area contributed by atoms with Gasteiger partial charge in [-0.2, -0.15) is 0 Å². The highest BCUT2D eigenvalue weighted by Crippen LogP contribution is 2.26. The van der Waals surface area contributed by atoms with Crippen molar-refractivity contribution >= 4 is 27.7 Å². The molecule has 0 aliphatic heterocycles. The van der Waals surface area contributed by atoms with Crippen molar-refractivity contribution < 1.29 is 19.1 Å². The van der Waals surface area contributed by atoms with Gasteiger partial charge in [-0.15, -0.1) is 0 Å². The maximum atomic E-state index is 13.5. The molecule has 0 fully saturated rings. The monoisotopic (exact) mass is 524 g/mol. The van der Waals surface area contributed by atoms with Gasteiger partial charge < -0.3 is 19.7 Å². The molecule has 1 unspecified atom stereocenters. The van der Waals surface area contributed by atoms with Gasteiger partial charge in [0.2, 0.25) is 5.91 Å². The Balaban J connectivity index is 1.90. The van der Waals surface area contributed by atoms with E-state index in [0.717, 1.165) is 15.6 Å². The lowest BCUT2D eigenvalue weighted by molar-refractivity contribution is -0.142. The van der Waals surface area contributed by atoms with Gasteiger partial charge in [0, 0.05) is 24.0 Å². The molecule has 1 N–H and O–H groups in total. The highest BCUT2D eigenvalue weighted by Gasteiger charge is 2.30. The fourth-order valence-corrected chi connectivity index (χ4v) is 4.09. The van der Waals surface area contributed by atoms with Crippen LogP contribution in [0.1, 0.15) is 18.1 Å². The van der Waals surface area contributed by atoms with Crippen LogP contribution in [-0.2, 0) is 22.6 Å². The first-order valence-corrected chi connectivity index (χ1v) is 11.9. The number of rotatable bonds is 11. The lowest BCUT2D eigenvalue weighted by atomic mass is 10.0. The second kappa shape index (κ2) is 12.8. The standard InChI is InChI=1S/C27H29BrN2O4/c1-3-29-27(32)23(17-20-10-5-4-6-11-20)30(18-21-12-9-13-22(28)16-21)26(31)19-34-25-15-8-7-14-24(25)33-2/h4-16,23H,3,17-19H2,1-2H3,(H,29,32). The number of nitrogens with one attached hydrogen (secondary N) is 1. The van der Waals surface area contributed by atoms with E-state index in [1.807, 2.05) is 73.7 Å². The molecule has 0 aromatic heterocycles. The maximum Gasteiger partial charge on any atom is 0.261 e. The minimum Gasteiger partial charge on any atom is -0.493 e. The predicted molar refractivity (Wildman–Crippen MR) is 136 cm³/mol. The molecule has 3 rings (SSSR count). The Bertz CT molecular complexity index is 1090. The minimum absolute atomic E-state index is 0.202. The Morgan fingerprint density at radius 2 is 1.62 bits per heavy atom. The van der Waals surface area contributed by atoms with Gasteiger partial charge in [-0.1, -0.05) is 70.5 Å². The molecule has 34 heavy (non-hydrogen) atoms. The topological polar surface area (TPSA) is 67.9 Å². The van der Waals surface area contributed by atoms with Crippen LogP contribution in [0.5, 0.6) is 11.5 Å². The molecule has 3 aromatic carbocycles. The molecular weight excluding hydrogens is 496 g/mol. The van der Waals surface area contributed by atoms with E-state index in [-0.39, 0.29) is 25.0 Å². The second-order valence-electron chi connectivity index (χ2n) is 7.69. The summed E-state index contributed by atoms with van der Waals surface area (Å²) >= 11 is 3.49. The van der Waals surface area contributed by atoms with E-state index in [4.69, 9.17) is 9.47 Å². The quantitative estimate of drug-likeness (QED) is 0.397. The summed E-state index contributed by atoms with van der Waals surface area (Å²) in [5.41, 5.74) is 1.87. The highest BCUT2D eigenvalue weighted by molar-refractivity contribution is 9.10. The fraction of sp³-hybridized carbons (Fsp3) is 0.259. The van der Waals surface area contributed by atoms with Gasteiger partial charge in [0.05, 0.1) is 7.11 Å². The van der Waals surface area contributed by atoms with E-state index >= 15 is 0 Å². The van der Waals surface area contributed by atoms with Crippen LogP contribution in [0, 0.1) is 0 Å². The molecule has 1 atom stereocenters. The summed E-state index contributed by atoms with van der Waals surface area (Å²) in [7, 11) is 1.55. The van der Waals surface area contributed by atoms with Crippen molar-refractivity contribution in [1.82, 2.24) is 10.2 Å². The first-order chi connectivity index (χ1) is 16.5. The van der Waals surface area contributed by atoms with Gasteiger partial charge in [0.25, 0.3) is 5.91 Å². The van der Waals surface area contributed by atoms with Crippen LogP contribution < -0.4 is 14.8 Å². The summed E-state index contributed by atoms with van der Waals surface area (Å²) in [6.45, 7) is 2.38. The largest absolute Gasteiger partial charge is 0.493 e. The Morgan fingerprint density at radius 1 is 0.941 bits per heavy atom. The van der Waals surface area contributed by atoms with Gasteiger partial charge in [-0.25, -0.2) is 0 Å². The smallest absolute Gasteiger partial charge is 0.261 e.